The number of hydrogen-bond donors (Lipinski definition) is 1. The smallest absolute Gasteiger partial charge is 0.163 e. The standard InChI is InChI=1S/C21H21N3O2/c1-25-19-10-17-18(11-20(19)26-2)24(21(12-22)23-17)13-15-8-5-7-14-6-3-4-9-16(14)15/h3-11H,12-13,22H2,1-2H3. The first-order valence-corrected chi connectivity index (χ1v) is 8.53. The van der Waals surface area contributed by atoms with Crippen LogP contribution < -0.4 is 15.2 Å². The number of aromatic nitrogens is 2. The predicted molar refractivity (Wildman–Crippen MR) is 104 cm³/mol. The Hall–Kier alpha value is -3.05. The van der Waals surface area contributed by atoms with Gasteiger partial charge in [-0.1, -0.05) is 42.5 Å². The number of nitrogens with two attached hydrogens (primary N) is 1. The van der Waals surface area contributed by atoms with E-state index >= 15 is 0 Å². The van der Waals surface area contributed by atoms with Crippen LogP contribution in [0.1, 0.15) is 11.4 Å². The van der Waals surface area contributed by atoms with Gasteiger partial charge in [0.05, 0.1) is 31.8 Å². The lowest BCUT2D eigenvalue weighted by atomic mass is 10.0. The normalized spacial score (nSPS) is 11.2. The molecule has 0 aliphatic rings. The van der Waals surface area contributed by atoms with Gasteiger partial charge in [0, 0.05) is 18.7 Å². The molecule has 3 aromatic carbocycles. The summed E-state index contributed by atoms with van der Waals surface area (Å²) in [6.45, 7) is 1.06. The van der Waals surface area contributed by atoms with Gasteiger partial charge in [0.2, 0.25) is 0 Å². The SMILES string of the molecule is COc1cc2nc(CN)n(Cc3cccc4ccccc34)c2cc1OC. The second-order valence-corrected chi connectivity index (χ2v) is 6.15. The zero-order valence-electron chi connectivity index (χ0n) is 14.9. The summed E-state index contributed by atoms with van der Waals surface area (Å²) >= 11 is 0. The fourth-order valence-electron chi connectivity index (χ4n) is 3.43. The van der Waals surface area contributed by atoms with Crippen LogP contribution in [0.5, 0.6) is 11.5 Å². The topological polar surface area (TPSA) is 62.3 Å². The van der Waals surface area contributed by atoms with Gasteiger partial charge in [-0.2, -0.15) is 0 Å². The molecule has 0 radical (unpaired) electrons. The molecular formula is C21H21N3O2. The van der Waals surface area contributed by atoms with Crippen LogP contribution >= 0.6 is 0 Å². The van der Waals surface area contributed by atoms with Gasteiger partial charge in [-0.25, -0.2) is 4.98 Å². The van der Waals surface area contributed by atoms with Crippen molar-refractivity contribution in [1.29, 1.82) is 0 Å². The molecule has 0 aliphatic carbocycles. The van der Waals surface area contributed by atoms with Gasteiger partial charge in [0.25, 0.3) is 0 Å². The molecule has 1 heterocycles. The van der Waals surface area contributed by atoms with Crippen molar-refractivity contribution in [1.82, 2.24) is 9.55 Å². The maximum absolute atomic E-state index is 5.98. The predicted octanol–water partition coefficient (Wildman–Crippen LogP) is 3.71. The van der Waals surface area contributed by atoms with Crippen LogP contribution in [0.15, 0.2) is 54.6 Å². The lowest BCUT2D eigenvalue weighted by Gasteiger charge is -2.12. The third-order valence-corrected chi connectivity index (χ3v) is 4.72. The second kappa shape index (κ2) is 6.69. The molecule has 5 nitrogen and oxygen atoms in total. The number of nitrogens with zero attached hydrogens (tertiary/aromatic N) is 2. The summed E-state index contributed by atoms with van der Waals surface area (Å²) in [5.74, 6) is 2.18. The first-order chi connectivity index (χ1) is 12.7. The highest BCUT2D eigenvalue weighted by Gasteiger charge is 2.15. The quantitative estimate of drug-likeness (QED) is 0.598. The lowest BCUT2D eigenvalue weighted by Crippen LogP contribution is -2.09. The maximum atomic E-state index is 5.98. The molecule has 0 aliphatic heterocycles. The Morgan fingerprint density at radius 3 is 2.46 bits per heavy atom. The Bertz CT molecular complexity index is 1080. The zero-order chi connectivity index (χ0) is 18.1. The minimum absolute atomic E-state index is 0.365. The Morgan fingerprint density at radius 1 is 0.962 bits per heavy atom. The first kappa shape index (κ1) is 16.4. The third kappa shape index (κ3) is 2.66. The van der Waals surface area contributed by atoms with Crippen LogP contribution in [0.3, 0.4) is 0 Å². The molecule has 2 N–H and O–H groups in total. The largest absolute Gasteiger partial charge is 0.493 e. The van der Waals surface area contributed by atoms with Crippen molar-refractivity contribution in [2.45, 2.75) is 13.1 Å². The summed E-state index contributed by atoms with van der Waals surface area (Å²) in [5.41, 5.74) is 9.04. The Morgan fingerprint density at radius 2 is 1.69 bits per heavy atom. The van der Waals surface area contributed by atoms with Crippen LogP contribution in [-0.4, -0.2) is 23.8 Å². The van der Waals surface area contributed by atoms with E-state index in [2.05, 4.69) is 47.0 Å². The highest BCUT2D eigenvalue weighted by atomic mass is 16.5. The molecule has 132 valence electrons. The van der Waals surface area contributed by atoms with Gasteiger partial charge in [-0.05, 0) is 16.3 Å². The molecule has 0 atom stereocenters. The molecule has 0 amide bonds. The molecule has 1 aromatic heterocycles. The summed E-state index contributed by atoms with van der Waals surface area (Å²) in [4.78, 5) is 4.69. The van der Waals surface area contributed by atoms with E-state index in [1.807, 2.05) is 12.1 Å². The number of benzene rings is 3. The number of methoxy groups -OCH3 is 2. The highest BCUT2D eigenvalue weighted by molar-refractivity contribution is 5.86. The average Bonchev–Trinajstić information content (AvgIpc) is 3.03. The van der Waals surface area contributed by atoms with Crippen molar-refractivity contribution in [3.8, 4) is 11.5 Å². The van der Waals surface area contributed by atoms with Crippen molar-refractivity contribution in [2.75, 3.05) is 14.2 Å². The van der Waals surface area contributed by atoms with E-state index in [1.54, 1.807) is 14.2 Å². The summed E-state index contributed by atoms with van der Waals surface area (Å²) in [7, 11) is 3.26. The summed E-state index contributed by atoms with van der Waals surface area (Å²) in [6.07, 6.45) is 0. The van der Waals surface area contributed by atoms with Gasteiger partial charge >= 0.3 is 0 Å². The summed E-state index contributed by atoms with van der Waals surface area (Å²) in [6, 6.07) is 18.6. The number of ether oxygens (including phenoxy) is 2. The Labute approximate surface area is 152 Å². The lowest BCUT2D eigenvalue weighted by molar-refractivity contribution is 0.355. The van der Waals surface area contributed by atoms with Gasteiger partial charge in [0.1, 0.15) is 5.82 Å². The molecular weight excluding hydrogens is 326 g/mol. The molecule has 0 bridgehead atoms. The monoisotopic (exact) mass is 347 g/mol. The maximum Gasteiger partial charge on any atom is 0.163 e. The van der Waals surface area contributed by atoms with Crippen LogP contribution in [0, 0.1) is 0 Å². The van der Waals surface area contributed by atoms with E-state index in [4.69, 9.17) is 20.2 Å². The van der Waals surface area contributed by atoms with E-state index in [0.717, 1.165) is 16.9 Å². The fraction of sp³-hybridized carbons (Fsp3) is 0.190. The van der Waals surface area contributed by atoms with Gasteiger partial charge in [-0.3, -0.25) is 0 Å². The molecule has 0 fully saturated rings. The number of hydrogen-bond acceptors (Lipinski definition) is 4. The van der Waals surface area contributed by atoms with Gasteiger partial charge in [0.15, 0.2) is 11.5 Å². The Balaban J connectivity index is 1.89. The molecule has 0 spiro atoms. The van der Waals surface area contributed by atoms with Gasteiger partial charge in [-0.15, -0.1) is 0 Å². The molecule has 0 saturated carbocycles. The number of rotatable bonds is 5. The van der Waals surface area contributed by atoms with E-state index < -0.39 is 0 Å². The van der Waals surface area contributed by atoms with Crippen LogP contribution in [-0.2, 0) is 13.1 Å². The molecule has 26 heavy (non-hydrogen) atoms. The van der Waals surface area contributed by atoms with E-state index in [9.17, 15) is 0 Å². The molecule has 4 aromatic rings. The third-order valence-electron chi connectivity index (χ3n) is 4.72. The van der Waals surface area contributed by atoms with E-state index in [-0.39, 0.29) is 0 Å². The first-order valence-electron chi connectivity index (χ1n) is 8.53. The van der Waals surface area contributed by atoms with Crippen molar-refractivity contribution in [3.63, 3.8) is 0 Å². The van der Waals surface area contributed by atoms with Crippen LogP contribution in [0.4, 0.5) is 0 Å². The van der Waals surface area contributed by atoms with Crippen LogP contribution in [0.2, 0.25) is 0 Å². The van der Waals surface area contributed by atoms with Gasteiger partial charge < -0.3 is 19.8 Å². The summed E-state index contributed by atoms with van der Waals surface area (Å²) in [5, 5.41) is 2.46. The van der Waals surface area contributed by atoms with Crippen molar-refractivity contribution < 1.29 is 9.47 Å². The zero-order valence-corrected chi connectivity index (χ0v) is 14.9. The van der Waals surface area contributed by atoms with E-state index in [0.29, 0.717) is 24.6 Å². The number of fused-ring (bicyclic) bond motifs is 2. The van der Waals surface area contributed by atoms with Crippen molar-refractivity contribution >= 4 is 21.8 Å². The van der Waals surface area contributed by atoms with Crippen molar-refractivity contribution in [2.24, 2.45) is 5.73 Å². The van der Waals surface area contributed by atoms with Crippen LogP contribution in [0.25, 0.3) is 21.8 Å². The number of imidazole rings is 1. The minimum Gasteiger partial charge on any atom is -0.493 e. The highest BCUT2D eigenvalue weighted by Crippen LogP contribution is 2.33. The Kier molecular flexibility index (Phi) is 4.22. The van der Waals surface area contributed by atoms with E-state index in [1.165, 1.54) is 16.3 Å². The molecule has 4 rings (SSSR count). The minimum atomic E-state index is 0.365. The molecule has 0 saturated heterocycles. The average molecular weight is 347 g/mol. The molecule has 0 unspecified atom stereocenters. The molecule has 5 heteroatoms. The second-order valence-electron chi connectivity index (χ2n) is 6.15. The van der Waals surface area contributed by atoms with Crippen molar-refractivity contribution in [3.05, 3.63) is 66.0 Å². The summed E-state index contributed by atoms with van der Waals surface area (Å²) < 4.78 is 13.0. The fourth-order valence-corrected chi connectivity index (χ4v) is 3.43.